The molecule has 1 atom stereocenters. The monoisotopic (exact) mass is 371 g/mol. The van der Waals surface area contributed by atoms with Crippen LogP contribution in [0.5, 0.6) is 11.5 Å². The lowest BCUT2D eigenvalue weighted by atomic mass is 10.2. The van der Waals surface area contributed by atoms with Crippen LogP contribution in [0.2, 0.25) is 0 Å². The van der Waals surface area contributed by atoms with Gasteiger partial charge in [0.2, 0.25) is 0 Å². The van der Waals surface area contributed by atoms with Crippen molar-refractivity contribution >= 4 is 21.7 Å². The summed E-state index contributed by atoms with van der Waals surface area (Å²) in [5.41, 5.74) is 0. The topological polar surface area (TPSA) is 108 Å². The fraction of sp³-hybridized carbons (Fsp3) is 0.500. The van der Waals surface area contributed by atoms with Crippen LogP contribution in [0.1, 0.15) is 13.3 Å². The molecule has 1 heterocycles. The lowest BCUT2D eigenvalue weighted by Gasteiger charge is -2.11. The first kappa shape index (κ1) is 19.0. The minimum atomic E-state index is -3.07. The Labute approximate surface area is 146 Å². The average Bonchev–Trinajstić information content (AvgIpc) is 2.91. The molecule has 0 radical (unpaired) electrons. The summed E-state index contributed by atoms with van der Waals surface area (Å²) < 4.78 is 38.0. The predicted molar refractivity (Wildman–Crippen MR) is 89.3 cm³/mol. The van der Waals surface area contributed by atoms with Crippen molar-refractivity contribution in [1.82, 2.24) is 5.32 Å². The number of carbonyl (C=O) groups is 2. The van der Waals surface area contributed by atoms with Gasteiger partial charge >= 0.3 is 5.97 Å². The second-order valence-corrected chi connectivity index (χ2v) is 7.75. The van der Waals surface area contributed by atoms with Gasteiger partial charge in [-0.05, 0) is 37.6 Å². The maximum Gasteiger partial charge on any atom is 0.344 e. The van der Waals surface area contributed by atoms with Crippen LogP contribution in [0.3, 0.4) is 0 Å². The Balaban J connectivity index is 1.65. The number of sulfone groups is 1. The van der Waals surface area contributed by atoms with Gasteiger partial charge in [-0.2, -0.15) is 0 Å². The molecule has 1 aliphatic rings. The van der Waals surface area contributed by atoms with E-state index in [1.54, 1.807) is 24.3 Å². The van der Waals surface area contributed by atoms with Crippen LogP contribution in [0.15, 0.2) is 24.3 Å². The molecule has 2 rings (SSSR count). The molecule has 0 unspecified atom stereocenters. The molecule has 25 heavy (non-hydrogen) atoms. The fourth-order valence-corrected chi connectivity index (χ4v) is 3.98. The van der Waals surface area contributed by atoms with Gasteiger partial charge in [-0.3, -0.25) is 4.79 Å². The van der Waals surface area contributed by atoms with Crippen LogP contribution in [-0.4, -0.2) is 57.7 Å². The Morgan fingerprint density at radius 2 is 1.76 bits per heavy atom. The first-order valence-corrected chi connectivity index (χ1v) is 9.71. The van der Waals surface area contributed by atoms with Crippen molar-refractivity contribution in [3.05, 3.63) is 24.3 Å². The number of hydrogen-bond donors (Lipinski definition) is 1. The Morgan fingerprint density at radius 3 is 2.32 bits per heavy atom. The molecular formula is C16H21NO7S. The molecule has 1 fully saturated rings. The molecule has 0 aliphatic carbocycles. The number of nitrogens with one attached hydrogen (secondary N) is 1. The van der Waals surface area contributed by atoms with Gasteiger partial charge in [0.25, 0.3) is 5.91 Å². The van der Waals surface area contributed by atoms with E-state index in [2.05, 4.69) is 5.32 Å². The minimum Gasteiger partial charge on any atom is -0.494 e. The van der Waals surface area contributed by atoms with E-state index in [4.69, 9.17) is 14.2 Å². The van der Waals surface area contributed by atoms with Crippen LogP contribution < -0.4 is 14.8 Å². The largest absolute Gasteiger partial charge is 0.494 e. The summed E-state index contributed by atoms with van der Waals surface area (Å²) in [6.07, 6.45) is 0.378. The Hall–Kier alpha value is -2.29. The quantitative estimate of drug-likeness (QED) is 0.655. The van der Waals surface area contributed by atoms with Crippen molar-refractivity contribution in [2.45, 2.75) is 19.4 Å². The van der Waals surface area contributed by atoms with Gasteiger partial charge in [0.05, 0.1) is 18.1 Å². The standard InChI is InChI=1S/C16H21NO7S/c1-2-22-13-3-5-14(6-4-13)23-10-16(19)24-9-15(18)17-12-7-8-25(20,21)11-12/h3-6,12H,2,7-11H2,1H3,(H,17,18)/t12-/m0/s1. The highest BCUT2D eigenvalue weighted by Crippen LogP contribution is 2.17. The number of carbonyl (C=O) groups excluding carboxylic acids is 2. The SMILES string of the molecule is CCOc1ccc(OCC(=O)OCC(=O)N[C@H]2CCS(=O)(=O)C2)cc1. The fourth-order valence-electron chi connectivity index (χ4n) is 2.31. The predicted octanol–water partition coefficient (Wildman–Crippen LogP) is 0.311. The summed E-state index contributed by atoms with van der Waals surface area (Å²) in [6, 6.07) is 6.33. The van der Waals surface area contributed by atoms with Crippen molar-refractivity contribution in [1.29, 1.82) is 0 Å². The molecule has 1 N–H and O–H groups in total. The smallest absolute Gasteiger partial charge is 0.344 e. The number of rotatable bonds is 8. The average molecular weight is 371 g/mol. The van der Waals surface area contributed by atoms with Gasteiger partial charge in [0.15, 0.2) is 23.1 Å². The van der Waals surface area contributed by atoms with Gasteiger partial charge in [-0.25, -0.2) is 13.2 Å². The van der Waals surface area contributed by atoms with Crippen LogP contribution in [0.4, 0.5) is 0 Å². The lowest BCUT2D eigenvalue weighted by Crippen LogP contribution is -2.38. The molecule has 0 aromatic heterocycles. The second kappa shape index (κ2) is 8.70. The van der Waals surface area contributed by atoms with Gasteiger partial charge in [-0.15, -0.1) is 0 Å². The number of amides is 1. The van der Waals surface area contributed by atoms with E-state index >= 15 is 0 Å². The van der Waals surface area contributed by atoms with Crippen molar-refractivity contribution < 1.29 is 32.2 Å². The molecule has 9 heteroatoms. The lowest BCUT2D eigenvalue weighted by molar-refractivity contribution is -0.150. The number of benzene rings is 1. The number of ether oxygens (including phenoxy) is 3. The van der Waals surface area contributed by atoms with Crippen LogP contribution in [0.25, 0.3) is 0 Å². The van der Waals surface area contributed by atoms with Crippen LogP contribution >= 0.6 is 0 Å². The summed E-state index contributed by atoms with van der Waals surface area (Å²) in [5, 5.41) is 2.53. The molecule has 0 saturated carbocycles. The van der Waals surface area contributed by atoms with Crippen molar-refractivity contribution in [2.75, 3.05) is 31.3 Å². The third-order valence-electron chi connectivity index (χ3n) is 3.45. The summed E-state index contributed by atoms with van der Waals surface area (Å²) in [4.78, 5) is 23.2. The summed E-state index contributed by atoms with van der Waals surface area (Å²) in [5.74, 6) is -0.0649. The molecule has 138 valence electrons. The van der Waals surface area contributed by atoms with Crippen molar-refractivity contribution in [2.24, 2.45) is 0 Å². The van der Waals surface area contributed by atoms with Gasteiger partial charge < -0.3 is 19.5 Å². The molecular weight excluding hydrogens is 350 g/mol. The number of hydrogen-bond acceptors (Lipinski definition) is 7. The van der Waals surface area contributed by atoms with E-state index in [0.717, 1.165) is 0 Å². The van der Waals surface area contributed by atoms with Crippen molar-refractivity contribution in [3.8, 4) is 11.5 Å². The molecule has 8 nitrogen and oxygen atoms in total. The van der Waals surface area contributed by atoms with Crippen molar-refractivity contribution in [3.63, 3.8) is 0 Å². The van der Waals surface area contributed by atoms with E-state index < -0.39 is 34.4 Å². The summed E-state index contributed by atoms with van der Waals surface area (Å²) in [6.45, 7) is 1.63. The summed E-state index contributed by atoms with van der Waals surface area (Å²) in [7, 11) is -3.07. The molecule has 0 bridgehead atoms. The molecule has 1 aromatic rings. The molecule has 0 spiro atoms. The van der Waals surface area contributed by atoms with E-state index in [1.807, 2.05) is 6.92 Å². The zero-order chi connectivity index (χ0) is 18.3. The maximum absolute atomic E-state index is 11.6. The highest BCUT2D eigenvalue weighted by molar-refractivity contribution is 7.91. The third kappa shape index (κ3) is 6.61. The third-order valence-corrected chi connectivity index (χ3v) is 5.22. The highest BCUT2D eigenvalue weighted by Gasteiger charge is 2.29. The van der Waals surface area contributed by atoms with Crippen LogP contribution in [0, 0.1) is 0 Å². The molecule has 1 saturated heterocycles. The van der Waals surface area contributed by atoms with E-state index in [1.165, 1.54) is 0 Å². The Morgan fingerprint density at radius 1 is 1.12 bits per heavy atom. The number of esters is 1. The highest BCUT2D eigenvalue weighted by atomic mass is 32.2. The molecule has 1 aliphatic heterocycles. The second-order valence-electron chi connectivity index (χ2n) is 5.52. The van der Waals surface area contributed by atoms with E-state index in [0.29, 0.717) is 24.5 Å². The normalized spacial score (nSPS) is 18.4. The Bertz CT molecular complexity index is 700. The molecule has 1 aromatic carbocycles. The minimum absolute atomic E-state index is 0.0632. The van der Waals surface area contributed by atoms with E-state index in [-0.39, 0.29) is 18.1 Å². The maximum atomic E-state index is 11.6. The Kier molecular flexibility index (Phi) is 6.63. The van der Waals surface area contributed by atoms with Gasteiger partial charge in [0.1, 0.15) is 11.5 Å². The first-order valence-electron chi connectivity index (χ1n) is 7.89. The van der Waals surface area contributed by atoms with Gasteiger partial charge in [0, 0.05) is 6.04 Å². The zero-order valence-electron chi connectivity index (χ0n) is 13.9. The molecule has 1 amide bonds. The van der Waals surface area contributed by atoms with Gasteiger partial charge in [-0.1, -0.05) is 0 Å². The summed E-state index contributed by atoms with van der Waals surface area (Å²) >= 11 is 0. The zero-order valence-corrected chi connectivity index (χ0v) is 14.7. The van der Waals surface area contributed by atoms with Crippen LogP contribution in [-0.2, 0) is 24.2 Å². The first-order chi connectivity index (χ1) is 11.9. The van der Waals surface area contributed by atoms with E-state index in [9.17, 15) is 18.0 Å².